The molecule has 1 aliphatic heterocycles. The molecular formula is C18H29N3O3S. The van der Waals surface area contributed by atoms with E-state index in [1.54, 1.807) is 32.9 Å². The number of piperidine rings is 1. The van der Waals surface area contributed by atoms with Gasteiger partial charge in [0.25, 0.3) is 5.91 Å². The van der Waals surface area contributed by atoms with E-state index in [-0.39, 0.29) is 10.8 Å². The topological polar surface area (TPSA) is 78.5 Å². The predicted octanol–water partition coefficient (Wildman–Crippen LogP) is 1.83. The van der Waals surface area contributed by atoms with E-state index < -0.39 is 15.6 Å². The lowest BCUT2D eigenvalue weighted by Crippen LogP contribution is -2.42. The summed E-state index contributed by atoms with van der Waals surface area (Å²) in [5.41, 5.74) is -0.0245. The summed E-state index contributed by atoms with van der Waals surface area (Å²) in [5.74, 6) is 0.437. The van der Waals surface area contributed by atoms with E-state index >= 15 is 0 Å². The molecule has 1 atom stereocenters. The molecule has 0 radical (unpaired) electrons. The summed E-state index contributed by atoms with van der Waals surface area (Å²) in [6.07, 6.45) is 2.13. The van der Waals surface area contributed by atoms with Crippen LogP contribution < -0.4 is 10.0 Å². The Morgan fingerprint density at radius 1 is 1.24 bits per heavy atom. The van der Waals surface area contributed by atoms with E-state index in [0.29, 0.717) is 11.5 Å². The standard InChI is InChI=1S/C18H29N3O3S/c1-18(2,3)20-25(23,24)16-9-7-15(8-10-16)17(22)21-11-5-6-14(13-21)12-19-4/h7-10,14,19-20H,5-6,11-13H2,1-4H3. The third-order valence-corrected chi connectivity index (χ3v) is 5.92. The monoisotopic (exact) mass is 367 g/mol. The molecule has 25 heavy (non-hydrogen) atoms. The summed E-state index contributed by atoms with van der Waals surface area (Å²) in [5, 5.41) is 3.17. The van der Waals surface area contributed by atoms with Crippen molar-refractivity contribution >= 4 is 15.9 Å². The highest BCUT2D eigenvalue weighted by molar-refractivity contribution is 7.89. The van der Waals surface area contributed by atoms with E-state index in [2.05, 4.69) is 10.0 Å². The molecular weight excluding hydrogens is 338 g/mol. The molecule has 2 rings (SSSR count). The summed E-state index contributed by atoms with van der Waals surface area (Å²) in [6, 6.07) is 6.19. The molecule has 140 valence electrons. The quantitative estimate of drug-likeness (QED) is 0.832. The highest BCUT2D eigenvalue weighted by Crippen LogP contribution is 2.19. The molecule has 6 nitrogen and oxygen atoms in total. The molecule has 1 amide bonds. The van der Waals surface area contributed by atoms with Crippen molar-refractivity contribution in [2.45, 2.75) is 44.0 Å². The number of amides is 1. The lowest BCUT2D eigenvalue weighted by Gasteiger charge is -2.32. The largest absolute Gasteiger partial charge is 0.338 e. The zero-order chi connectivity index (χ0) is 18.7. The van der Waals surface area contributed by atoms with Gasteiger partial charge in [0.1, 0.15) is 0 Å². The van der Waals surface area contributed by atoms with Crippen LogP contribution in [-0.2, 0) is 10.0 Å². The van der Waals surface area contributed by atoms with Crippen LogP contribution in [0.4, 0.5) is 0 Å². The number of rotatable bonds is 5. The van der Waals surface area contributed by atoms with Crippen molar-refractivity contribution < 1.29 is 13.2 Å². The molecule has 1 heterocycles. The van der Waals surface area contributed by atoms with Crippen LogP contribution in [0.15, 0.2) is 29.2 Å². The van der Waals surface area contributed by atoms with Gasteiger partial charge in [-0.15, -0.1) is 0 Å². The summed E-state index contributed by atoms with van der Waals surface area (Å²) in [4.78, 5) is 14.7. The maximum Gasteiger partial charge on any atom is 0.253 e. The summed E-state index contributed by atoms with van der Waals surface area (Å²) in [7, 11) is -1.66. The Morgan fingerprint density at radius 2 is 1.88 bits per heavy atom. The first-order chi connectivity index (χ1) is 11.6. The van der Waals surface area contributed by atoms with Crippen molar-refractivity contribution in [1.82, 2.24) is 14.9 Å². The number of nitrogens with zero attached hydrogens (tertiary/aromatic N) is 1. The normalized spacial score (nSPS) is 19.0. The Kier molecular flexibility index (Phi) is 6.24. The Balaban J connectivity index is 2.10. The van der Waals surface area contributed by atoms with Crippen LogP contribution in [-0.4, -0.2) is 51.4 Å². The van der Waals surface area contributed by atoms with Gasteiger partial charge >= 0.3 is 0 Å². The second-order valence-electron chi connectivity index (χ2n) is 7.70. The van der Waals surface area contributed by atoms with Gasteiger partial charge < -0.3 is 10.2 Å². The fourth-order valence-electron chi connectivity index (χ4n) is 3.13. The zero-order valence-corrected chi connectivity index (χ0v) is 16.3. The number of carbonyl (C=O) groups excluding carboxylic acids is 1. The van der Waals surface area contributed by atoms with Gasteiger partial charge in [-0.05, 0) is 77.4 Å². The van der Waals surface area contributed by atoms with Gasteiger partial charge in [0.05, 0.1) is 4.90 Å². The van der Waals surface area contributed by atoms with E-state index in [1.165, 1.54) is 12.1 Å². The maximum atomic E-state index is 12.7. The Labute approximate surface area is 151 Å². The van der Waals surface area contributed by atoms with Gasteiger partial charge in [0.15, 0.2) is 0 Å². The van der Waals surface area contributed by atoms with Gasteiger partial charge in [0, 0.05) is 24.2 Å². The molecule has 1 aromatic rings. The molecule has 1 aromatic carbocycles. The smallest absolute Gasteiger partial charge is 0.253 e. The molecule has 1 saturated heterocycles. The van der Waals surface area contributed by atoms with Gasteiger partial charge in [-0.25, -0.2) is 13.1 Å². The molecule has 7 heteroatoms. The number of carbonyl (C=O) groups is 1. The number of likely N-dealkylation sites (tertiary alicyclic amines) is 1. The van der Waals surface area contributed by atoms with Crippen LogP contribution in [0.25, 0.3) is 0 Å². The van der Waals surface area contributed by atoms with Crippen molar-refractivity contribution in [2.24, 2.45) is 5.92 Å². The van der Waals surface area contributed by atoms with Crippen LogP contribution in [0.1, 0.15) is 44.0 Å². The van der Waals surface area contributed by atoms with Crippen LogP contribution in [0.3, 0.4) is 0 Å². The lowest BCUT2D eigenvalue weighted by atomic mass is 9.97. The first-order valence-electron chi connectivity index (χ1n) is 8.70. The van der Waals surface area contributed by atoms with E-state index in [0.717, 1.165) is 32.5 Å². The molecule has 1 aliphatic rings. The number of nitrogens with one attached hydrogen (secondary N) is 2. The van der Waals surface area contributed by atoms with Crippen LogP contribution in [0.2, 0.25) is 0 Å². The van der Waals surface area contributed by atoms with Crippen LogP contribution >= 0.6 is 0 Å². The second-order valence-corrected chi connectivity index (χ2v) is 9.38. The number of hydrogen-bond acceptors (Lipinski definition) is 4. The predicted molar refractivity (Wildman–Crippen MR) is 99.1 cm³/mol. The molecule has 0 aromatic heterocycles. The third kappa shape index (κ3) is 5.52. The van der Waals surface area contributed by atoms with E-state index in [4.69, 9.17) is 0 Å². The van der Waals surface area contributed by atoms with Gasteiger partial charge in [0.2, 0.25) is 10.0 Å². The van der Waals surface area contributed by atoms with E-state index in [1.807, 2.05) is 11.9 Å². The highest BCUT2D eigenvalue weighted by Gasteiger charge is 2.25. The molecule has 0 aliphatic carbocycles. The minimum Gasteiger partial charge on any atom is -0.338 e. The molecule has 0 saturated carbocycles. The van der Waals surface area contributed by atoms with Gasteiger partial charge in [-0.2, -0.15) is 0 Å². The SMILES string of the molecule is CNCC1CCCN(C(=O)c2ccc(S(=O)(=O)NC(C)(C)C)cc2)C1. The fraction of sp³-hybridized carbons (Fsp3) is 0.611. The summed E-state index contributed by atoms with van der Waals surface area (Å²) in [6.45, 7) is 7.77. The summed E-state index contributed by atoms with van der Waals surface area (Å²) >= 11 is 0. The van der Waals surface area contributed by atoms with Gasteiger partial charge in [-0.3, -0.25) is 4.79 Å². The average molecular weight is 368 g/mol. The molecule has 1 unspecified atom stereocenters. The third-order valence-electron chi connectivity index (χ3n) is 4.15. The van der Waals surface area contributed by atoms with Crippen molar-refractivity contribution in [3.63, 3.8) is 0 Å². The highest BCUT2D eigenvalue weighted by atomic mass is 32.2. The van der Waals surface area contributed by atoms with Crippen molar-refractivity contribution in [1.29, 1.82) is 0 Å². The lowest BCUT2D eigenvalue weighted by molar-refractivity contribution is 0.0674. The molecule has 0 bridgehead atoms. The Hall–Kier alpha value is -1.44. The van der Waals surface area contributed by atoms with Crippen molar-refractivity contribution in [3.8, 4) is 0 Å². The average Bonchev–Trinajstić information content (AvgIpc) is 2.53. The fourth-order valence-corrected chi connectivity index (χ4v) is 4.54. The second kappa shape index (κ2) is 7.85. The van der Waals surface area contributed by atoms with Gasteiger partial charge in [-0.1, -0.05) is 0 Å². The van der Waals surface area contributed by atoms with Crippen molar-refractivity contribution in [3.05, 3.63) is 29.8 Å². The maximum absolute atomic E-state index is 12.7. The number of sulfonamides is 1. The Bertz CT molecular complexity index is 691. The number of hydrogen-bond donors (Lipinski definition) is 2. The zero-order valence-electron chi connectivity index (χ0n) is 15.5. The summed E-state index contributed by atoms with van der Waals surface area (Å²) < 4.78 is 27.3. The minimum atomic E-state index is -3.58. The van der Waals surface area contributed by atoms with Crippen molar-refractivity contribution in [2.75, 3.05) is 26.7 Å². The number of benzene rings is 1. The van der Waals surface area contributed by atoms with E-state index in [9.17, 15) is 13.2 Å². The minimum absolute atomic E-state index is 0.0338. The first-order valence-corrected chi connectivity index (χ1v) is 10.2. The van der Waals surface area contributed by atoms with Crippen LogP contribution in [0.5, 0.6) is 0 Å². The van der Waals surface area contributed by atoms with Crippen LogP contribution in [0, 0.1) is 5.92 Å². The Morgan fingerprint density at radius 3 is 2.44 bits per heavy atom. The molecule has 1 fully saturated rings. The first kappa shape index (κ1) is 19.9. The molecule has 0 spiro atoms. The molecule has 2 N–H and O–H groups in total.